The molecule has 0 aliphatic carbocycles. The van der Waals surface area contributed by atoms with Crippen LogP contribution in [0.2, 0.25) is 0 Å². The van der Waals surface area contributed by atoms with E-state index in [9.17, 15) is 0 Å². The van der Waals surface area contributed by atoms with E-state index in [1.807, 2.05) is 12.1 Å². The van der Waals surface area contributed by atoms with Crippen molar-refractivity contribution in [3.05, 3.63) is 267 Å². The van der Waals surface area contributed by atoms with Crippen LogP contribution in [-0.4, -0.2) is 4.57 Å². The highest BCUT2D eigenvalue weighted by molar-refractivity contribution is 6.13. The van der Waals surface area contributed by atoms with Crippen LogP contribution in [0.1, 0.15) is 0 Å². The van der Waals surface area contributed by atoms with E-state index in [1.165, 1.54) is 49.6 Å². The molecule has 13 aromatic rings. The summed E-state index contributed by atoms with van der Waals surface area (Å²) in [6.07, 6.45) is 0. The Kier molecular flexibility index (Phi) is 9.84. The van der Waals surface area contributed by atoms with Gasteiger partial charge in [0, 0.05) is 44.3 Å². The Bertz CT molecular complexity index is 3970. The smallest absolute Gasteiger partial charge is 0.136 e. The number of benzene rings is 11. The largest absolute Gasteiger partial charge is 0.456 e. The van der Waals surface area contributed by atoms with Crippen LogP contribution in [0.15, 0.2) is 271 Å². The molecule has 3 nitrogen and oxygen atoms in total. The number of furan rings is 1. The fraction of sp³-hybridized carbons (Fsp3) is 0. The number of rotatable bonds is 9. The third-order valence-corrected chi connectivity index (χ3v) is 13.6. The summed E-state index contributed by atoms with van der Waals surface area (Å²) in [5.41, 5.74) is 20.2. The van der Waals surface area contributed by atoms with Gasteiger partial charge < -0.3 is 13.9 Å². The Hall–Kier alpha value is -9.18. The molecule has 0 fully saturated rings. The molecule has 0 aliphatic heterocycles. The van der Waals surface area contributed by atoms with Crippen molar-refractivity contribution in [1.29, 1.82) is 0 Å². The van der Waals surface area contributed by atoms with Gasteiger partial charge in [0.1, 0.15) is 11.2 Å². The first-order valence-electron chi connectivity index (χ1n) is 23.6. The number of para-hydroxylation sites is 3. The highest BCUT2D eigenvalue weighted by Gasteiger charge is 2.18. The van der Waals surface area contributed by atoms with E-state index >= 15 is 0 Å². The summed E-state index contributed by atoms with van der Waals surface area (Å²) in [5, 5.41) is 4.77. The van der Waals surface area contributed by atoms with Crippen molar-refractivity contribution in [3.8, 4) is 61.3 Å². The topological polar surface area (TPSA) is 21.3 Å². The monoisotopic (exact) mass is 880 g/mol. The van der Waals surface area contributed by atoms with Gasteiger partial charge in [-0.3, -0.25) is 0 Å². The van der Waals surface area contributed by atoms with Crippen molar-refractivity contribution in [3.63, 3.8) is 0 Å². The van der Waals surface area contributed by atoms with Gasteiger partial charge >= 0.3 is 0 Å². The molecule has 2 aromatic heterocycles. The van der Waals surface area contributed by atoms with Crippen molar-refractivity contribution in [2.45, 2.75) is 0 Å². The van der Waals surface area contributed by atoms with E-state index in [0.717, 1.165) is 72.5 Å². The molecule has 13 rings (SSSR count). The molecule has 0 N–H and O–H groups in total. The van der Waals surface area contributed by atoms with E-state index in [1.54, 1.807) is 0 Å². The van der Waals surface area contributed by atoms with Crippen LogP contribution in [0, 0.1) is 0 Å². The number of hydrogen-bond donors (Lipinski definition) is 0. The van der Waals surface area contributed by atoms with Crippen LogP contribution >= 0.6 is 0 Å². The Balaban J connectivity index is 0.889. The third kappa shape index (κ3) is 7.25. The van der Waals surface area contributed by atoms with Crippen molar-refractivity contribution in [2.24, 2.45) is 0 Å². The predicted octanol–water partition coefficient (Wildman–Crippen LogP) is 18.5. The van der Waals surface area contributed by atoms with Crippen molar-refractivity contribution < 1.29 is 4.42 Å². The van der Waals surface area contributed by atoms with Crippen LogP contribution in [-0.2, 0) is 0 Å². The summed E-state index contributed by atoms with van der Waals surface area (Å²) in [7, 11) is 0. The minimum atomic E-state index is 0.886. The molecular formula is C66H44N2O. The van der Waals surface area contributed by atoms with Crippen molar-refractivity contribution >= 4 is 60.8 Å². The van der Waals surface area contributed by atoms with Gasteiger partial charge in [0.05, 0.1) is 11.0 Å². The Morgan fingerprint density at radius 1 is 0.275 bits per heavy atom. The van der Waals surface area contributed by atoms with Gasteiger partial charge in [0.25, 0.3) is 0 Å². The van der Waals surface area contributed by atoms with Gasteiger partial charge in [-0.2, -0.15) is 0 Å². The number of nitrogens with zero attached hydrogens (tertiary/aromatic N) is 2. The molecule has 0 saturated carbocycles. The Morgan fingerprint density at radius 2 is 0.725 bits per heavy atom. The molecule has 0 amide bonds. The second-order valence-corrected chi connectivity index (χ2v) is 17.7. The molecule has 324 valence electrons. The lowest BCUT2D eigenvalue weighted by Gasteiger charge is -2.27. The first-order chi connectivity index (χ1) is 34.2. The fourth-order valence-electron chi connectivity index (χ4n) is 10.3. The number of fused-ring (bicyclic) bond motifs is 6. The number of hydrogen-bond acceptors (Lipinski definition) is 2. The van der Waals surface area contributed by atoms with Gasteiger partial charge in [0.15, 0.2) is 0 Å². The van der Waals surface area contributed by atoms with Gasteiger partial charge in [-0.1, -0.05) is 182 Å². The maximum absolute atomic E-state index is 6.34. The number of anilines is 3. The number of aromatic nitrogens is 1. The normalized spacial score (nSPS) is 11.5. The highest BCUT2D eigenvalue weighted by atomic mass is 16.3. The molecule has 2 heterocycles. The van der Waals surface area contributed by atoms with Gasteiger partial charge in [0.2, 0.25) is 0 Å². The molecular weight excluding hydrogens is 837 g/mol. The summed E-state index contributed by atoms with van der Waals surface area (Å²) < 4.78 is 8.72. The summed E-state index contributed by atoms with van der Waals surface area (Å²) in [6, 6.07) is 96.1. The lowest BCUT2D eigenvalue weighted by molar-refractivity contribution is 0.669. The standard InChI is InChI=1S/C66H44N2O/c1-2-16-45(17-3-1)47-18-10-20-49(40-47)51-22-12-25-55(42-51)67(56-26-14-24-53(44-56)58-31-15-35-65-66(58)61-30-6-9-34-64(61)69-65)54-38-36-46(37-39-54)48-19-11-21-50(41-48)52-23-13-27-57(43-52)68-62-32-7-4-28-59(62)60-29-5-8-33-63(60)68/h1-44H. The van der Waals surface area contributed by atoms with Crippen LogP contribution in [0.3, 0.4) is 0 Å². The van der Waals surface area contributed by atoms with Crippen LogP contribution in [0.4, 0.5) is 17.1 Å². The minimum absolute atomic E-state index is 0.886. The highest BCUT2D eigenvalue weighted by Crippen LogP contribution is 2.42. The summed E-state index contributed by atoms with van der Waals surface area (Å²) in [4.78, 5) is 2.38. The second kappa shape index (κ2) is 16.9. The first-order valence-corrected chi connectivity index (χ1v) is 23.6. The maximum Gasteiger partial charge on any atom is 0.136 e. The summed E-state index contributed by atoms with van der Waals surface area (Å²) >= 11 is 0. The lowest BCUT2D eigenvalue weighted by atomic mass is 9.97. The Morgan fingerprint density at radius 3 is 1.39 bits per heavy atom. The summed E-state index contributed by atoms with van der Waals surface area (Å²) in [5.74, 6) is 0. The van der Waals surface area contributed by atoms with Gasteiger partial charge in [-0.05, 0) is 141 Å². The SMILES string of the molecule is c1ccc(-c2cccc(-c3cccc(N(c4ccc(-c5cccc(-c6cccc(-n7c8ccccc8c8ccccc87)c6)c5)cc4)c4cccc(-c5cccc6oc7ccccc7c56)c4)c3)c2)cc1. The molecule has 11 aromatic carbocycles. The third-order valence-electron chi connectivity index (χ3n) is 13.6. The lowest BCUT2D eigenvalue weighted by Crippen LogP contribution is -2.10. The van der Waals surface area contributed by atoms with Crippen LogP contribution in [0.5, 0.6) is 0 Å². The minimum Gasteiger partial charge on any atom is -0.456 e. The van der Waals surface area contributed by atoms with Gasteiger partial charge in [-0.15, -0.1) is 0 Å². The van der Waals surface area contributed by atoms with Crippen LogP contribution in [0.25, 0.3) is 105 Å². The average Bonchev–Trinajstić information content (AvgIpc) is 3.98. The van der Waals surface area contributed by atoms with Crippen LogP contribution < -0.4 is 4.90 Å². The molecule has 0 unspecified atom stereocenters. The summed E-state index contributed by atoms with van der Waals surface area (Å²) in [6.45, 7) is 0. The molecule has 0 radical (unpaired) electrons. The molecule has 0 saturated heterocycles. The molecule has 69 heavy (non-hydrogen) atoms. The van der Waals surface area contributed by atoms with Crippen molar-refractivity contribution in [1.82, 2.24) is 4.57 Å². The van der Waals surface area contributed by atoms with E-state index < -0.39 is 0 Å². The molecule has 0 atom stereocenters. The van der Waals surface area contributed by atoms with E-state index in [2.05, 4.69) is 264 Å². The Labute approximate surface area is 401 Å². The molecule has 0 bridgehead atoms. The van der Waals surface area contributed by atoms with Crippen molar-refractivity contribution in [2.75, 3.05) is 4.90 Å². The maximum atomic E-state index is 6.34. The quantitative estimate of drug-likeness (QED) is 0.144. The van der Waals surface area contributed by atoms with Gasteiger partial charge in [-0.25, -0.2) is 0 Å². The zero-order chi connectivity index (χ0) is 45.7. The van der Waals surface area contributed by atoms with E-state index in [0.29, 0.717) is 0 Å². The average molecular weight is 881 g/mol. The van der Waals surface area contributed by atoms with E-state index in [-0.39, 0.29) is 0 Å². The molecule has 0 aliphatic rings. The zero-order valence-electron chi connectivity index (χ0n) is 37.7. The first kappa shape index (κ1) is 40.1. The van der Waals surface area contributed by atoms with E-state index in [4.69, 9.17) is 4.42 Å². The predicted molar refractivity (Wildman–Crippen MR) is 290 cm³/mol. The zero-order valence-corrected chi connectivity index (χ0v) is 37.7. The fourth-order valence-corrected chi connectivity index (χ4v) is 10.3. The molecule has 0 spiro atoms. The second-order valence-electron chi connectivity index (χ2n) is 17.7. The molecule has 3 heteroatoms.